The summed E-state index contributed by atoms with van der Waals surface area (Å²) in [5.41, 5.74) is 4.10. The fraction of sp³-hybridized carbons (Fsp3) is 0.208. The molecule has 0 bridgehead atoms. The Morgan fingerprint density at radius 3 is 2.44 bits per heavy atom. The van der Waals surface area contributed by atoms with Gasteiger partial charge in [-0.2, -0.15) is 9.41 Å². The quantitative estimate of drug-likeness (QED) is 0.242. The minimum Gasteiger partial charge on any atom is -0.489 e. The molecule has 0 aromatic heterocycles. The molecule has 3 rings (SSSR count). The molecule has 0 unspecified atom stereocenters. The topological polar surface area (TPSA) is 114 Å². The van der Waals surface area contributed by atoms with E-state index in [1.165, 1.54) is 22.7 Å². The zero-order chi connectivity index (χ0) is 24.6. The molecular weight excluding hydrogens is 456 g/mol. The van der Waals surface area contributed by atoms with Crippen molar-refractivity contribution in [3.63, 3.8) is 0 Å². The van der Waals surface area contributed by atoms with E-state index in [0.717, 1.165) is 17.2 Å². The summed E-state index contributed by atoms with van der Waals surface area (Å²) in [6, 6.07) is 20.7. The molecule has 0 aliphatic heterocycles. The van der Waals surface area contributed by atoms with Crippen LogP contribution in [0.4, 0.5) is 11.4 Å². The van der Waals surface area contributed by atoms with Crippen LogP contribution in [0.25, 0.3) is 0 Å². The van der Waals surface area contributed by atoms with Gasteiger partial charge in [0.2, 0.25) is 10.0 Å². The summed E-state index contributed by atoms with van der Waals surface area (Å²) in [6.07, 6.45) is 1.50. The van der Waals surface area contributed by atoms with Gasteiger partial charge in [-0.25, -0.2) is 8.42 Å². The molecule has 0 saturated carbocycles. The number of hydrogen-bond donors (Lipinski definition) is 1. The Balaban J connectivity index is 1.73. The summed E-state index contributed by atoms with van der Waals surface area (Å²) in [6.45, 7) is 4.38. The number of rotatable bonds is 11. The number of nitro groups is 1. The van der Waals surface area contributed by atoms with Crippen molar-refractivity contribution < 1.29 is 18.1 Å². The molecule has 0 spiro atoms. The molecule has 0 amide bonds. The number of anilines is 1. The van der Waals surface area contributed by atoms with Crippen LogP contribution in [-0.2, 0) is 16.6 Å². The van der Waals surface area contributed by atoms with Crippen LogP contribution in [0.2, 0.25) is 0 Å². The first-order valence-corrected chi connectivity index (χ1v) is 12.1. The zero-order valence-electron chi connectivity index (χ0n) is 18.9. The first-order valence-electron chi connectivity index (χ1n) is 10.7. The van der Waals surface area contributed by atoms with Gasteiger partial charge in [0.15, 0.2) is 0 Å². The Labute approximate surface area is 198 Å². The molecule has 0 atom stereocenters. The molecule has 10 heteroatoms. The normalized spacial score (nSPS) is 11.6. The Hall–Kier alpha value is -3.76. The summed E-state index contributed by atoms with van der Waals surface area (Å²) in [4.78, 5) is 10.8. The first kappa shape index (κ1) is 24.9. The fourth-order valence-electron chi connectivity index (χ4n) is 3.23. The lowest BCUT2D eigenvalue weighted by molar-refractivity contribution is -0.384. The summed E-state index contributed by atoms with van der Waals surface area (Å²) in [5, 5.41) is 15.6. The van der Waals surface area contributed by atoms with Crippen molar-refractivity contribution in [1.82, 2.24) is 4.31 Å². The molecule has 0 aliphatic carbocycles. The lowest BCUT2D eigenvalue weighted by Crippen LogP contribution is -2.30. The number of benzene rings is 3. The third-order valence-electron chi connectivity index (χ3n) is 5.01. The Morgan fingerprint density at radius 2 is 1.76 bits per heavy atom. The van der Waals surface area contributed by atoms with Gasteiger partial charge in [0.1, 0.15) is 18.0 Å². The summed E-state index contributed by atoms with van der Waals surface area (Å²) in [7, 11) is -3.82. The second-order valence-corrected chi connectivity index (χ2v) is 9.18. The molecule has 0 saturated heterocycles. The summed E-state index contributed by atoms with van der Waals surface area (Å²) in [5.74, 6) is 0.657. The monoisotopic (exact) mass is 482 g/mol. The van der Waals surface area contributed by atoms with Crippen molar-refractivity contribution in [2.75, 3.05) is 18.5 Å². The van der Waals surface area contributed by atoms with Crippen LogP contribution < -0.4 is 10.2 Å². The van der Waals surface area contributed by atoms with Gasteiger partial charge in [-0.15, -0.1) is 0 Å². The van der Waals surface area contributed by atoms with Gasteiger partial charge in [-0.05, 0) is 35.4 Å². The van der Waals surface area contributed by atoms with Gasteiger partial charge < -0.3 is 4.74 Å². The smallest absolute Gasteiger partial charge is 0.295 e. The van der Waals surface area contributed by atoms with E-state index in [9.17, 15) is 18.5 Å². The van der Waals surface area contributed by atoms with E-state index < -0.39 is 14.9 Å². The number of ether oxygens (including phenoxy) is 1. The molecule has 0 radical (unpaired) electrons. The van der Waals surface area contributed by atoms with Gasteiger partial charge in [0.05, 0.1) is 16.0 Å². The molecular formula is C24H26N4O5S. The van der Waals surface area contributed by atoms with Crippen LogP contribution in [0, 0.1) is 10.1 Å². The van der Waals surface area contributed by atoms with Crippen LogP contribution in [-0.4, -0.2) is 37.0 Å². The molecule has 9 nitrogen and oxygen atoms in total. The second kappa shape index (κ2) is 11.4. The van der Waals surface area contributed by atoms with Crippen LogP contribution in [0.3, 0.4) is 0 Å². The molecule has 0 fully saturated rings. The van der Waals surface area contributed by atoms with Gasteiger partial charge >= 0.3 is 0 Å². The SMILES string of the molecule is CCN(CC)S(=O)(=O)c1ccc(N/N=C/c2cccc(OCc3ccccc3)c2)c([N+](=O)[O-])c1. The lowest BCUT2D eigenvalue weighted by atomic mass is 10.2. The van der Waals surface area contributed by atoms with Crippen molar-refractivity contribution in [3.05, 3.63) is 94.0 Å². The predicted octanol–water partition coefficient (Wildman–Crippen LogP) is 4.65. The maximum Gasteiger partial charge on any atom is 0.295 e. The Bertz CT molecular complexity index is 1260. The zero-order valence-corrected chi connectivity index (χ0v) is 19.7. The van der Waals surface area contributed by atoms with Crippen molar-refractivity contribution in [2.45, 2.75) is 25.3 Å². The Kier molecular flexibility index (Phi) is 8.34. The van der Waals surface area contributed by atoms with E-state index >= 15 is 0 Å². The number of hydrazone groups is 1. The van der Waals surface area contributed by atoms with Crippen molar-refractivity contribution >= 4 is 27.6 Å². The van der Waals surface area contributed by atoms with Crippen molar-refractivity contribution in [1.29, 1.82) is 0 Å². The second-order valence-electron chi connectivity index (χ2n) is 7.24. The summed E-state index contributed by atoms with van der Waals surface area (Å²) < 4.78 is 32.4. The van der Waals surface area contributed by atoms with Gasteiger partial charge in [-0.1, -0.05) is 56.3 Å². The minimum atomic E-state index is -3.82. The highest BCUT2D eigenvalue weighted by Gasteiger charge is 2.25. The minimum absolute atomic E-state index is 0.0798. The molecule has 34 heavy (non-hydrogen) atoms. The molecule has 0 heterocycles. The van der Waals surface area contributed by atoms with Crippen molar-refractivity contribution in [3.8, 4) is 5.75 Å². The molecule has 3 aromatic rings. The maximum atomic E-state index is 12.7. The number of nitrogens with zero attached hydrogens (tertiary/aromatic N) is 3. The highest BCUT2D eigenvalue weighted by molar-refractivity contribution is 7.89. The van der Waals surface area contributed by atoms with E-state index in [2.05, 4.69) is 10.5 Å². The van der Waals surface area contributed by atoms with E-state index in [1.54, 1.807) is 19.9 Å². The average Bonchev–Trinajstić information content (AvgIpc) is 2.84. The average molecular weight is 483 g/mol. The maximum absolute atomic E-state index is 12.7. The molecule has 178 valence electrons. The molecule has 0 aliphatic rings. The lowest BCUT2D eigenvalue weighted by Gasteiger charge is -2.18. The van der Waals surface area contributed by atoms with E-state index in [-0.39, 0.29) is 29.4 Å². The van der Waals surface area contributed by atoms with Gasteiger partial charge in [0, 0.05) is 19.2 Å². The number of nitrogens with one attached hydrogen (secondary N) is 1. The van der Waals surface area contributed by atoms with Crippen LogP contribution in [0.5, 0.6) is 5.75 Å². The number of nitro benzene ring substituents is 1. The van der Waals surface area contributed by atoms with E-state index in [4.69, 9.17) is 4.74 Å². The van der Waals surface area contributed by atoms with E-state index in [0.29, 0.717) is 12.4 Å². The highest BCUT2D eigenvalue weighted by atomic mass is 32.2. The van der Waals surface area contributed by atoms with Crippen LogP contribution >= 0.6 is 0 Å². The third-order valence-corrected chi connectivity index (χ3v) is 7.06. The summed E-state index contributed by atoms with van der Waals surface area (Å²) >= 11 is 0. The number of sulfonamides is 1. The number of hydrogen-bond acceptors (Lipinski definition) is 7. The van der Waals surface area contributed by atoms with E-state index in [1.807, 2.05) is 48.5 Å². The largest absolute Gasteiger partial charge is 0.489 e. The van der Waals surface area contributed by atoms with Crippen LogP contribution in [0.15, 0.2) is 82.8 Å². The third kappa shape index (κ3) is 6.18. The van der Waals surface area contributed by atoms with Gasteiger partial charge in [0.25, 0.3) is 5.69 Å². The Morgan fingerprint density at radius 1 is 1.03 bits per heavy atom. The predicted molar refractivity (Wildman–Crippen MR) is 132 cm³/mol. The van der Waals surface area contributed by atoms with Crippen LogP contribution in [0.1, 0.15) is 25.0 Å². The van der Waals surface area contributed by atoms with Crippen molar-refractivity contribution in [2.24, 2.45) is 5.10 Å². The molecule has 3 aromatic carbocycles. The molecule has 1 N–H and O–H groups in total. The highest BCUT2D eigenvalue weighted by Crippen LogP contribution is 2.29. The van der Waals surface area contributed by atoms with Gasteiger partial charge in [-0.3, -0.25) is 15.5 Å². The fourth-order valence-corrected chi connectivity index (χ4v) is 4.71. The standard InChI is InChI=1S/C24H26N4O5S/c1-3-27(4-2)34(31,32)22-13-14-23(24(16-22)28(29)30)26-25-17-20-11-8-12-21(15-20)33-18-19-9-6-5-7-10-19/h5-17,26H,3-4,18H2,1-2H3/b25-17+. The first-order chi connectivity index (χ1) is 16.3.